The molecule has 6 nitrogen and oxygen atoms in total. The Morgan fingerprint density at radius 3 is 2.48 bits per heavy atom. The quantitative estimate of drug-likeness (QED) is 0.466. The van der Waals surface area contributed by atoms with Crippen LogP contribution in [0.25, 0.3) is 0 Å². The molecule has 1 aromatic heterocycles. The molecular weight excluding hydrogens is 351 g/mol. The molecule has 2 rings (SSSR count). The molecule has 1 atom stereocenters. The van der Waals surface area contributed by atoms with Gasteiger partial charge in [0, 0.05) is 13.2 Å². The number of nitrogens with zero attached hydrogens (tertiary/aromatic N) is 3. The molecule has 1 amide bonds. The molecule has 1 heterocycles. The van der Waals surface area contributed by atoms with E-state index in [0.717, 1.165) is 21.7 Å². The number of benzene rings is 1. The Hall–Kier alpha value is -2.69. The Balaban J connectivity index is 2.51. The third-order valence-corrected chi connectivity index (χ3v) is 3.09. The summed E-state index contributed by atoms with van der Waals surface area (Å²) in [6.45, 7) is 0. The lowest BCUT2D eigenvalue weighted by Crippen LogP contribution is -2.34. The molecule has 0 aliphatic rings. The first-order chi connectivity index (χ1) is 11.7. The minimum atomic E-state index is -4.78. The highest BCUT2D eigenvalue weighted by atomic mass is 19.3. The molecule has 2 N–H and O–H groups in total. The van der Waals surface area contributed by atoms with Crippen molar-refractivity contribution >= 4 is 17.8 Å². The van der Waals surface area contributed by atoms with Crippen molar-refractivity contribution in [1.82, 2.24) is 9.78 Å². The lowest BCUT2D eigenvalue weighted by atomic mass is 10.2. The Bertz CT molecular complexity index is 751. The van der Waals surface area contributed by atoms with Crippen molar-refractivity contribution in [3.05, 3.63) is 36.2 Å². The maximum absolute atomic E-state index is 13.5. The Labute approximate surface area is 138 Å². The SMILES string of the molecule is Cn1cc(N(C=O)c2ccccc2OC(F)(F)C(F)F)c(C(N)F)n1. The van der Waals surface area contributed by atoms with E-state index in [0.29, 0.717) is 0 Å². The van der Waals surface area contributed by atoms with E-state index in [4.69, 9.17) is 5.73 Å². The first-order valence-electron chi connectivity index (χ1n) is 6.79. The zero-order valence-electron chi connectivity index (χ0n) is 12.7. The maximum atomic E-state index is 13.5. The molecule has 0 bridgehead atoms. The van der Waals surface area contributed by atoms with Crippen LogP contribution in [-0.2, 0) is 11.8 Å². The summed E-state index contributed by atoms with van der Waals surface area (Å²) in [4.78, 5) is 12.2. The lowest BCUT2D eigenvalue weighted by Gasteiger charge is -2.23. The van der Waals surface area contributed by atoms with Crippen molar-refractivity contribution in [3.63, 3.8) is 0 Å². The highest BCUT2D eigenvalue weighted by molar-refractivity contribution is 5.89. The van der Waals surface area contributed by atoms with Gasteiger partial charge in [0.05, 0.1) is 11.4 Å². The summed E-state index contributed by atoms with van der Waals surface area (Å²) in [5.41, 5.74) is 4.34. The second-order valence-electron chi connectivity index (χ2n) is 4.88. The largest absolute Gasteiger partial charge is 0.461 e. The van der Waals surface area contributed by atoms with E-state index in [1.54, 1.807) is 0 Å². The molecular formula is C14H13F5N4O2. The normalized spacial score (nSPS) is 13.0. The second-order valence-corrected chi connectivity index (χ2v) is 4.88. The van der Waals surface area contributed by atoms with Crippen LogP contribution >= 0.6 is 0 Å². The summed E-state index contributed by atoms with van der Waals surface area (Å²) in [7, 11) is 1.42. The first kappa shape index (κ1) is 18.6. The third kappa shape index (κ3) is 3.87. The van der Waals surface area contributed by atoms with Crippen molar-refractivity contribution < 1.29 is 31.5 Å². The number of carbonyl (C=O) groups excluding carboxylic acids is 1. The van der Waals surface area contributed by atoms with Gasteiger partial charge in [-0.3, -0.25) is 20.1 Å². The van der Waals surface area contributed by atoms with Gasteiger partial charge in [0.2, 0.25) is 6.41 Å². The van der Waals surface area contributed by atoms with Crippen molar-refractivity contribution in [1.29, 1.82) is 0 Å². The average Bonchev–Trinajstić information content (AvgIpc) is 2.91. The summed E-state index contributed by atoms with van der Waals surface area (Å²) in [6.07, 6.45) is -9.54. The predicted octanol–water partition coefficient (Wildman–Crippen LogP) is 2.88. The van der Waals surface area contributed by atoms with E-state index < -0.39 is 24.6 Å². The second kappa shape index (κ2) is 7.05. The van der Waals surface area contributed by atoms with Crippen molar-refractivity contribution in [2.75, 3.05) is 4.90 Å². The van der Waals surface area contributed by atoms with Gasteiger partial charge in [0.15, 0.2) is 12.0 Å². The number of ether oxygens (including phenoxy) is 1. The number of para-hydroxylation sites is 2. The monoisotopic (exact) mass is 364 g/mol. The number of alkyl halides is 5. The Kier molecular flexibility index (Phi) is 5.26. The van der Waals surface area contributed by atoms with Gasteiger partial charge < -0.3 is 4.74 Å². The van der Waals surface area contributed by atoms with Gasteiger partial charge in [-0.2, -0.15) is 22.7 Å². The third-order valence-electron chi connectivity index (χ3n) is 3.09. The van der Waals surface area contributed by atoms with Crippen molar-refractivity contribution in [2.24, 2.45) is 12.8 Å². The molecule has 11 heteroatoms. The summed E-state index contributed by atoms with van der Waals surface area (Å²) in [6, 6.07) is 4.72. The van der Waals surface area contributed by atoms with E-state index in [1.807, 2.05) is 0 Å². The number of halogens is 5. The predicted molar refractivity (Wildman–Crippen MR) is 77.5 cm³/mol. The number of nitrogens with two attached hydrogens (primary N) is 1. The molecule has 0 aliphatic carbocycles. The van der Waals surface area contributed by atoms with E-state index in [9.17, 15) is 26.7 Å². The number of carbonyl (C=O) groups is 1. The number of amides is 1. The maximum Gasteiger partial charge on any atom is 0.461 e. The van der Waals surface area contributed by atoms with Crippen LogP contribution in [0, 0.1) is 0 Å². The zero-order chi connectivity index (χ0) is 18.8. The van der Waals surface area contributed by atoms with Crippen molar-refractivity contribution in [3.8, 4) is 5.75 Å². The van der Waals surface area contributed by atoms with E-state index in [2.05, 4.69) is 9.84 Å². The fourth-order valence-corrected chi connectivity index (χ4v) is 2.05. The molecule has 136 valence electrons. The Morgan fingerprint density at radius 1 is 1.28 bits per heavy atom. The van der Waals surface area contributed by atoms with E-state index >= 15 is 0 Å². The fraction of sp³-hybridized carbons (Fsp3) is 0.286. The smallest absolute Gasteiger partial charge is 0.426 e. The first-order valence-corrected chi connectivity index (χ1v) is 6.79. The van der Waals surface area contributed by atoms with Crippen LogP contribution < -0.4 is 15.4 Å². The molecule has 0 fully saturated rings. The zero-order valence-corrected chi connectivity index (χ0v) is 12.7. The topological polar surface area (TPSA) is 73.4 Å². The molecule has 0 radical (unpaired) electrons. The highest BCUT2D eigenvalue weighted by Gasteiger charge is 2.44. The number of aryl methyl sites for hydroxylation is 1. The molecule has 0 saturated carbocycles. The number of hydrogen-bond acceptors (Lipinski definition) is 4. The van der Waals surface area contributed by atoms with Gasteiger partial charge >= 0.3 is 12.5 Å². The van der Waals surface area contributed by atoms with Gasteiger partial charge in [-0.1, -0.05) is 12.1 Å². The minimum Gasteiger partial charge on any atom is -0.426 e. The van der Waals surface area contributed by atoms with Gasteiger partial charge in [-0.05, 0) is 12.1 Å². The average molecular weight is 364 g/mol. The molecule has 0 aliphatic heterocycles. The number of rotatable bonds is 7. The van der Waals surface area contributed by atoms with Crippen LogP contribution in [0.5, 0.6) is 5.75 Å². The summed E-state index contributed by atoms with van der Waals surface area (Å²) in [5.74, 6) is -0.706. The number of anilines is 2. The van der Waals surface area contributed by atoms with Gasteiger partial charge in [-0.15, -0.1) is 0 Å². The molecule has 25 heavy (non-hydrogen) atoms. The van der Waals surface area contributed by atoms with E-state index in [-0.39, 0.29) is 23.5 Å². The van der Waals surface area contributed by atoms with Crippen molar-refractivity contribution in [2.45, 2.75) is 18.8 Å². The highest BCUT2D eigenvalue weighted by Crippen LogP contribution is 2.38. The molecule has 0 saturated heterocycles. The summed E-state index contributed by atoms with van der Waals surface area (Å²) < 4.78 is 69.9. The molecule has 2 aromatic rings. The molecule has 1 aromatic carbocycles. The fourth-order valence-electron chi connectivity index (χ4n) is 2.05. The van der Waals surface area contributed by atoms with E-state index in [1.165, 1.54) is 25.4 Å². The molecule has 0 spiro atoms. The van der Waals surface area contributed by atoms with Crippen LogP contribution in [0.2, 0.25) is 0 Å². The number of aromatic nitrogens is 2. The summed E-state index contributed by atoms with van der Waals surface area (Å²) in [5, 5.41) is 3.74. The van der Waals surface area contributed by atoms with Crippen LogP contribution in [0.4, 0.5) is 33.3 Å². The van der Waals surface area contributed by atoms with Crippen LogP contribution in [0.3, 0.4) is 0 Å². The molecule has 1 unspecified atom stereocenters. The lowest BCUT2D eigenvalue weighted by molar-refractivity contribution is -0.253. The van der Waals surface area contributed by atoms with Crippen LogP contribution in [0.1, 0.15) is 12.0 Å². The summed E-state index contributed by atoms with van der Waals surface area (Å²) >= 11 is 0. The van der Waals surface area contributed by atoms with Gasteiger partial charge in [0.1, 0.15) is 5.69 Å². The van der Waals surface area contributed by atoms with Crippen LogP contribution in [-0.4, -0.2) is 28.7 Å². The van der Waals surface area contributed by atoms with Gasteiger partial charge in [-0.25, -0.2) is 4.39 Å². The standard InChI is InChI=1S/C14H13F5N4O2/c1-22-6-9(11(21-22)12(15)20)23(7-24)8-4-2-3-5-10(8)25-14(18,19)13(16)17/h2-7,12-13H,20H2,1H3. The van der Waals surface area contributed by atoms with Gasteiger partial charge in [0.25, 0.3) is 0 Å². The minimum absolute atomic E-state index is 0.149. The number of hydrogen-bond donors (Lipinski definition) is 1. The Morgan fingerprint density at radius 2 is 1.92 bits per heavy atom. The van der Waals surface area contributed by atoms with Crippen LogP contribution in [0.15, 0.2) is 30.5 Å².